The molecule has 1 unspecified atom stereocenters. The lowest BCUT2D eigenvalue weighted by molar-refractivity contribution is 0.0603. The van der Waals surface area contributed by atoms with E-state index in [9.17, 15) is 4.79 Å². The molecule has 1 rings (SSSR count). The minimum absolute atomic E-state index is 0.0292. The van der Waals surface area contributed by atoms with Gasteiger partial charge in [0.1, 0.15) is 5.69 Å². The number of ether oxygens (including phenoxy) is 1. The number of nitrogens with zero attached hydrogens (tertiary/aromatic N) is 2. The first-order chi connectivity index (χ1) is 9.54. The van der Waals surface area contributed by atoms with Gasteiger partial charge < -0.3 is 19.9 Å². The van der Waals surface area contributed by atoms with Crippen LogP contribution in [0.3, 0.4) is 0 Å². The van der Waals surface area contributed by atoms with Crippen molar-refractivity contribution in [2.24, 2.45) is 0 Å². The number of aromatic nitrogens is 1. The minimum Gasteiger partial charge on any atom is -0.397 e. The molecule has 0 spiro atoms. The van der Waals surface area contributed by atoms with E-state index in [1.165, 1.54) is 0 Å². The molecular weight excluding hydrogens is 254 g/mol. The molecule has 0 radical (unpaired) electrons. The maximum Gasteiger partial charge on any atom is 0.270 e. The fraction of sp³-hybridized carbons (Fsp3) is 0.667. The topological polar surface area (TPSA) is 60.5 Å². The van der Waals surface area contributed by atoms with E-state index in [-0.39, 0.29) is 11.9 Å². The molecule has 5 nitrogen and oxygen atoms in total. The smallest absolute Gasteiger partial charge is 0.270 e. The molecule has 5 heteroatoms. The van der Waals surface area contributed by atoms with Gasteiger partial charge in [0.25, 0.3) is 5.91 Å². The fourth-order valence-corrected chi connectivity index (χ4v) is 2.22. The van der Waals surface area contributed by atoms with E-state index in [4.69, 9.17) is 10.5 Å². The van der Waals surface area contributed by atoms with E-state index in [2.05, 4.69) is 20.8 Å². The summed E-state index contributed by atoms with van der Waals surface area (Å²) in [7, 11) is 1.65. The highest BCUT2D eigenvalue weighted by Crippen LogP contribution is 2.16. The summed E-state index contributed by atoms with van der Waals surface area (Å²) < 4.78 is 7.05. The number of rotatable bonds is 8. The maximum absolute atomic E-state index is 12.8. The molecule has 0 aromatic carbocycles. The van der Waals surface area contributed by atoms with Gasteiger partial charge in [0, 0.05) is 32.4 Å². The molecule has 1 aromatic heterocycles. The Balaban J connectivity index is 2.98. The Labute approximate surface area is 121 Å². The lowest BCUT2D eigenvalue weighted by atomic mass is 10.2. The third kappa shape index (κ3) is 4.00. The van der Waals surface area contributed by atoms with Gasteiger partial charge in [0.15, 0.2) is 0 Å². The summed E-state index contributed by atoms with van der Waals surface area (Å²) in [5, 5.41) is 0. The molecule has 0 aliphatic rings. The number of hydrogen-bond donors (Lipinski definition) is 1. The molecule has 0 saturated carbocycles. The van der Waals surface area contributed by atoms with Crippen molar-refractivity contribution in [3.8, 4) is 0 Å². The van der Waals surface area contributed by atoms with Crippen molar-refractivity contribution in [2.75, 3.05) is 26.0 Å². The summed E-state index contributed by atoms with van der Waals surface area (Å²) in [6.45, 7) is 8.17. The highest BCUT2D eigenvalue weighted by atomic mass is 16.5. The van der Waals surface area contributed by atoms with Crippen molar-refractivity contribution < 1.29 is 9.53 Å². The molecule has 0 aliphatic carbocycles. The average molecular weight is 281 g/mol. The Morgan fingerprint density at radius 1 is 1.50 bits per heavy atom. The van der Waals surface area contributed by atoms with Crippen LogP contribution in [0.4, 0.5) is 5.69 Å². The predicted molar refractivity (Wildman–Crippen MR) is 81.8 cm³/mol. The standard InChI is InChI=1S/C15H27N3O2/c1-5-7-17-11-13(16)10-14(17)15(19)18(8-9-20-4)12(3)6-2/h10-12H,5-9,16H2,1-4H3. The molecule has 0 bridgehead atoms. The first-order valence-corrected chi connectivity index (χ1v) is 7.30. The maximum atomic E-state index is 12.8. The summed E-state index contributed by atoms with van der Waals surface area (Å²) in [5.74, 6) is 0.0292. The highest BCUT2D eigenvalue weighted by Gasteiger charge is 2.23. The first-order valence-electron chi connectivity index (χ1n) is 7.30. The molecule has 1 heterocycles. The molecule has 0 saturated heterocycles. The number of aryl methyl sites for hydroxylation is 1. The second-order valence-corrected chi connectivity index (χ2v) is 5.10. The number of methoxy groups -OCH3 is 1. The van der Waals surface area contributed by atoms with Gasteiger partial charge in [0.05, 0.1) is 12.3 Å². The Kier molecular flexibility index (Phi) is 6.58. The zero-order chi connectivity index (χ0) is 15.1. The second kappa shape index (κ2) is 7.94. The SMILES string of the molecule is CCCn1cc(N)cc1C(=O)N(CCOC)C(C)CC. The number of amides is 1. The molecular formula is C15H27N3O2. The van der Waals surface area contributed by atoms with Crippen molar-refractivity contribution in [3.05, 3.63) is 18.0 Å². The molecule has 114 valence electrons. The van der Waals surface area contributed by atoms with Gasteiger partial charge in [0.2, 0.25) is 0 Å². The van der Waals surface area contributed by atoms with Crippen molar-refractivity contribution in [1.29, 1.82) is 0 Å². The number of hydrogen-bond acceptors (Lipinski definition) is 3. The van der Waals surface area contributed by atoms with Gasteiger partial charge >= 0.3 is 0 Å². The zero-order valence-corrected chi connectivity index (χ0v) is 13.1. The van der Waals surface area contributed by atoms with Crippen LogP contribution < -0.4 is 5.73 Å². The van der Waals surface area contributed by atoms with E-state index < -0.39 is 0 Å². The Morgan fingerprint density at radius 2 is 2.20 bits per heavy atom. The largest absolute Gasteiger partial charge is 0.397 e. The summed E-state index contributed by atoms with van der Waals surface area (Å²) >= 11 is 0. The number of nitrogen functional groups attached to an aromatic ring is 1. The van der Waals surface area contributed by atoms with Gasteiger partial charge in [-0.25, -0.2) is 0 Å². The van der Waals surface area contributed by atoms with Crippen LogP contribution in [-0.4, -0.2) is 41.7 Å². The van der Waals surface area contributed by atoms with Gasteiger partial charge in [-0.2, -0.15) is 0 Å². The van der Waals surface area contributed by atoms with Crippen LogP contribution in [0, 0.1) is 0 Å². The van der Waals surface area contributed by atoms with Gasteiger partial charge in [-0.3, -0.25) is 4.79 Å². The third-order valence-electron chi connectivity index (χ3n) is 3.52. The zero-order valence-electron chi connectivity index (χ0n) is 13.1. The molecule has 2 N–H and O–H groups in total. The Morgan fingerprint density at radius 3 is 2.75 bits per heavy atom. The van der Waals surface area contributed by atoms with Crippen LogP contribution in [0.1, 0.15) is 44.1 Å². The number of anilines is 1. The van der Waals surface area contributed by atoms with E-state index in [0.29, 0.717) is 24.5 Å². The van der Waals surface area contributed by atoms with E-state index in [0.717, 1.165) is 19.4 Å². The van der Waals surface area contributed by atoms with E-state index >= 15 is 0 Å². The molecule has 1 aromatic rings. The third-order valence-corrected chi connectivity index (χ3v) is 3.52. The lowest BCUT2D eigenvalue weighted by Gasteiger charge is -2.28. The van der Waals surface area contributed by atoms with Gasteiger partial charge in [-0.05, 0) is 25.8 Å². The van der Waals surface area contributed by atoms with E-state index in [1.54, 1.807) is 13.2 Å². The van der Waals surface area contributed by atoms with Crippen molar-refractivity contribution >= 4 is 11.6 Å². The number of carbonyl (C=O) groups excluding carboxylic acids is 1. The van der Waals surface area contributed by atoms with Crippen molar-refractivity contribution in [3.63, 3.8) is 0 Å². The van der Waals surface area contributed by atoms with Gasteiger partial charge in [-0.15, -0.1) is 0 Å². The normalized spacial score (nSPS) is 12.4. The first kappa shape index (κ1) is 16.6. The average Bonchev–Trinajstić information content (AvgIpc) is 2.80. The van der Waals surface area contributed by atoms with Gasteiger partial charge in [-0.1, -0.05) is 13.8 Å². The Hall–Kier alpha value is -1.49. The van der Waals surface area contributed by atoms with Crippen LogP contribution in [0.5, 0.6) is 0 Å². The van der Waals surface area contributed by atoms with Crippen molar-refractivity contribution in [2.45, 2.75) is 46.2 Å². The predicted octanol–water partition coefficient (Wildman–Crippen LogP) is 2.37. The highest BCUT2D eigenvalue weighted by molar-refractivity contribution is 5.94. The van der Waals surface area contributed by atoms with Crippen LogP contribution in [0.25, 0.3) is 0 Å². The van der Waals surface area contributed by atoms with Crippen LogP contribution >= 0.6 is 0 Å². The summed E-state index contributed by atoms with van der Waals surface area (Å²) in [4.78, 5) is 14.6. The molecule has 1 amide bonds. The van der Waals surface area contributed by atoms with Crippen LogP contribution in [0.2, 0.25) is 0 Å². The molecule has 1 atom stereocenters. The monoisotopic (exact) mass is 281 g/mol. The lowest BCUT2D eigenvalue weighted by Crippen LogP contribution is -2.41. The summed E-state index contributed by atoms with van der Waals surface area (Å²) in [6, 6.07) is 1.95. The molecule has 20 heavy (non-hydrogen) atoms. The van der Waals surface area contributed by atoms with E-state index in [1.807, 2.05) is 15.7 Å². The minimum atomic E-state index is 0.0292. The van der Waals surface area contributed by atoms with Crippen molar-refractivity contribution in [1.82, 2.24) is 9.47 Å². The quantitative estimate of drug-likeness (QED) is 0.795. The van der Waals surface area contributed by atoms with Crippen LogP contribution in [0.15, 0.2) is 12.3 Å². The molecule has 0 aliphatic heterocycles. The Bertz CT molecular complexity index is 429. The number of carbonyl (C=O) groups is 1. The molecule has 0 fully saturated rings. The number of nitrogens with two attached hydrogens (primary N) is 1. The summed E-state index contributed by atoms with van der Waals surface area (Å²) in [5.41, 5.74) is 7.14. The second-order valence-electron chi connectivity index (χ2n) is 5.10. The van der Waals surface area contributed by atoms with Crippen LogP contribution in [-0.2, 0) is 11.3 Å². The summed E-state index contributed by atoms with van der Waals surface area (Å²) in [6.07, 6.45) is 3.72. The fourth-order valence-electron chi connectivity index (χ4n) is 2.22.